The van der Waals surface area contributed by atoms with Crippen LogP contribution >= 0.6 is 15.9 Å². The molecule has 0 unspecified atom stereocenters. The van der Waals surface area contributed by atoms with Crippen molar-refractivity contribution >= 4 is 26.8 Å². The quantitative estimate of drug-likeness (QED) is 0.721. The van der Waals surface area contributed by atoms with Gasteiger partial charge in [-0.1, -0.05) is 0 Å². The SMILES string of the molecule is N#Cc1cc2c(Br)nccc2[nH]c1=O. The average molecular weight is 250 g/mol. The highest BCUT2D eigenvalue weighted by molar-refractivity contribution is 9.10. The minimum Gasteiger partial charge on any atom is -0.321 e. The van der Waals surface area contributed by atoms with Gasteiger partial charge in [0, 0.05) is 11.6 Å². The summed E-state index contributed by atoms with van der Waals surface area (Å²) in [6.07, 6.45) is 1.58. The maximum absolute atomic E-state index is 11.3. The van der Waals surface area contributed by atoms with Crippen LogP contribution in [0.3, 0.4) is 0 Å². The Morgan fingerprint density at radius 2 is 2.36 bits per heavy atom. The summed E-state index contributed by atoms with van der Waals surface area (Å²) in [5, 5.41) is 9.39. The van der Waals surface area contributed by atoms with Gasteiger partial charge in [-0.2, -0.15) is 5.26 Å². The van der Waals surface area contributed by atoms with Gasteiger partial charge < -0.3 is 4.98 Å². The number of nitriles is 1. The largest absolute Gasteiger partial charge is 0.321 e. The lowest BCUT2D eigenvalue weighted by Gasteiger charge is -1.98. The second-order valence-corrected chi connectivity index (χ2v) is 3.44. The van der Waals surface area contributed by atoms with Crippen molar-refractivity contribution in [2.75, 3.05) is 0 Å². The van der Waals surface area contributed by atoms with Gasteiger partial charge >= 0.3 is 0 Å². The summed E-state index contributed by atoms with van der Waals surface area (Å²) in [6, 6.07) is 5.02. The fourth-order valence-corrected chi connectivity index (χ4v) is 1.62. The number of fused-ring (bicyclic) bond motifs is 1. The Bertz CT molecular complexity index is 597. The predicted molar refractivity (Wildman–Crippen MR) is 54.8 cm³/mol. The van der Waals surface area contributed by atoms with E-state index in [0.717, 1.165) is 5.39 Å². The van der Waals surface area contributed by atoms with Crippen LogP contribution in [-0.2, 0) is 0 Å². The van der Waals surface area contributed by atoms with Crippen LogP contribution in [0.25, 0.3) is 10.9 Å². The average Bonchev–Trinajstić information content (AvgIpc) is 2.17. The molecule has 4 nitrogen and oxygen atoms in total. The van der Waals surface area contributed by atoms with Crippen molar-refractivity contribution in [1.82, 2.24) is 9.97 Å². The summed E-state index contributed by atoms with van der Waals surface area (Å²) in [5.41, 5.74) is 0.375. The van der Waals surface area contributed by atoms with Crippen LogP contribution in [0.5, 0.6) is 0 Å². The van der Waals surface area contributed by atoms with Gasteiger partial charge in [0.1, 0.15) is 16.2 Å². The van der Waals surface area contributed by atoms with E-state index in [-0.39, 0.29) is 11.1 Å². The van der Waals surface area contributed by atoms with Gasteiger partial charge in [0.25, 0.3) is 5.56 Å². The van der Waals surface area contributed by atoms with Crippen LogP contribution < -0.4 is 5.56 Å². The molecule has 2 aromatic heterocycles. The Balaban J connectivity index is 2.96. The first-order chi connectivity index (χ1) is 6.72. The number of nitrogens with one attached hydrogen (secondary N) is 1. The van der Waals surface area contributed by atoms with Gasteiger partial charge in [-0.25, -0.2) is 4.98 Å². The fourth-order valence-electron chi connectivity index (χ4n) is 1.18. The van der Waals surface area contributed by atoms with Crippen molar-refractivity contribution in [2.24, 2.45) is 0 Å². The molecule has 0 atom stereocenters. The smallest absolute Gasteiger partial charge is 0.266 e. The van der Waals surface area contributed by atoms with Crippen molar-refractivity contribution in [3.63, 3.8) is 0 Å². The van der Waals surface area contributed by atoms with Crippen molar-refractivity contribution in [2.45, 2.75) is 0 Å². The highest BCUT2D eigenvalue weighted by Crippen LogP contribution is 2.18. The molecule has 1 N–H and O–H groups in total. The van der Waals surface area contributed by atoms with Crippen molar-refractivity contribution in [3.05, 3.63) is 38.9 Å². The van der Waals surface area contributed by atoms with Crippen LogP contribution in [0, 0.1) is 11.3 Å². The summed E-state index contributed by atoms with van der Waals surface area (Å²) >= 11 is 3.24. The topological polar surface area (TPSA) is 69.5 Å². The number of H-pyrrole nitrogens is 1. The molecule has 5 heteroatoms. The molecular weight excluding hydrogens is 246 g/mol. The molecule has 2 heterocycles. The molecule has 0 saturated heterocycles. The number of aromatic amines is 1. The normalized spacial score (nSPS) is 10.0. The first kappa shape index (κ1) is 8.91. The van der Waals surface area contributed by atoms with E-state index >= 15 is 0 Å². The molecule has 14 heavy (non-hydrogen) atoms. The van der Waals surface area contributed by atoms with Crippen molar-refractivity contribution < 1.29 is 0 Å². The summed E-state index contributed by atoms with van der Waals surface area (Å²) in [5.74, 6) is 0. The van der Waals surface area contributed by atoms with Crippen LogP contribution in [0.4, 0.5) is 0 Å². The number of halogens is 1. The molecule has 0 fully saturated rings. The molecular formula is C9H4BrN3O. The van der Waals surface area contributed by atoms with E-state index < -0.39 is 0 Å². The molecule has 0 saturated carbocycles. The first-order valence-electron chi connectivity index (χ1n) is 3.80. The van der Waals surface area contributed by atoms with E-state index in [1.807, 2.05) is 6.07 Å². The maximum atomic E-state index is 11.3. The minimum absolute atomic E-state index is 0.0891. The summed E-state index contributed by atoms with van der Waals surface area (Å²) in [7, 11) is 0. The van der Waals surface area contributed by atoms with E-state index in [1.165, 1.54) is 6.07 Å². The number of aromatic nitrogens is 2. The van der Waals surface area contributed by atoms with Gasteiger partial charge in [-0.15, -0.1) is 0 Å². The Kier molecular flexibility index (Phi) is 2.06. The second-order valence-electron chi connectivity index (χ2n) is 2.69. The molecule has 0 aliphatic rings. The highest BCUT2D eigenvalue weighted by Gasteiger charge is 2.04. The van der Waals surface area contributed by atoms with Crippen LogP contribution in [0.15, 0.2) is 27.7 Å². The Morgan fingerprint density at radius 3 is 3.07 bits per heavy atom. The molecule has 0 aromatic carbocycles. The summed E-state index contributed by atoms with van der Waals surface area (Å²) in [6.45, 7) is 0. The number of nitrogens with zero attached hydrogens (tertiary/aromatic N) is 2. The van der Waals surface area contributed by atoms with E-state index in [1.54, 1.807) is 12.3 Å². The van der Waals surface area contributed by atoms with E-state index in [0.29, 0.717) is 10.1 Å². The van der Waals surface area contributed by atoms with Crippen molar-refractivity contribution in [3.8, 4) is 6.07 Å². The van der Waals surface area contributed by atoms with Crippen LogP contribution in [0.2, 0.25) is 0 Å². The molecule has 2 aromatic rings. The fraction of sp³-hybridized carbons (Fsp3) is 0. The molecule has 0 amide bonds. The molecule has 0 radical (unpaired) electrons. The zero-order chi connectivity index (χ0) is 10.1. The van der Waals surface area contributed by atoms with E-state index in [2.05, 4.69) is 25.9 Å². The number of rotatable bonds is 0. The number of hydrogen-bond acceptors (Lipinski definition) is 3. The van der Waals surface area contributed by atoms with Crippen LogP contribution in [0.1, 0.15) is 5.56 Å². The third-order valence-electron chi connectivity index (χ3n) is 1.84. The lowest BCUT2D eigenvalue weighted by Crippen LogP contribution is -2.09. The molecule has 2 rings (SSSR count). The summed E-state index contributed by atoms with van der Waals surface area (Å²) < 4.78 is 0.614. The third kappa shape index (κ3) is 1.30. The highest BCUT2D eigenvalue weighted by atomic mass is 79.9. The summed E-state index contributed by atoms with van der Waals surface area (Å²) in [4.78, 5) is 17.9. The standard InChI is InChI=1S/C9H4BrN3O/c10-8-6-3-5(4-11)9(14)13-7(6)1-2-12-8/h1-3H,(H,13,14). The van der Waals surface area contributed by atoms with Gasteiger partial charge in [0.15, 0.2) is 0 Å². The lowest BCUT2D eigenvalue weighted by atomic mass is 10.2. The van der Waals surface area contributed by atoms with Crippen molar-refractivity contribution in [1.29, 1.82) is 5.26 Å². The lowest BCUT2D eigenvalue weighted by molar-refractivity contribution is 1.24. The maximum Gasteiger partial charge on any atom is 0.266 e. The first-order valence-corrected chi connectivity index (χ1v) is 4.59. The molecule has 0 aliphatic carbocycles. The molecule has 0 aliphatic heterocycles. The Hall–Kier alpha value is -1.67. The van der Waals surface area contributed by atoms with Gasteiger partial charge in [0.05, 0.1) is 5.52 Å². The van der Waals surface area contributed by atoms with Gasteiger partial charge in [-0.05, 0) is 28.1 Å². The third-order valence-corrected chi connectivity index (χ3v) is 2.48. The molecule has 0 spiro atoms. The molecule has 68 valence electrons. The van der Waals surface area contributed by atoms with Gasteiger partial charge in [-0.3, -0.25) is 4.79 Å². The van der Waals surface area contributed by atoms with E-state index in [4.69, 9.17) is 5.26 Å². The Morgan fingerprint density at radius 1 is 1.57 bits per heavy atom. The zero-order valence-corrected chi connectivity index (χ0v) is 8.50. The number of hydrogen-bond donors (Lipinski definition) is 1. The monoisotopic (exact) mass is 249 g/mol. The Labute approximate surface area is 87.3 Å². The molecule has 0 bridgehead atoms. The van der Waals surface area contributed by atoms with Crippen LogP contribution in [-0.4, -0.2) is 9.97 Å². The minimum atomic E-state index is -0.377. The predicted octanol–water partition coefficient (Wildman–Crippen LogP) is 1.56. The van der Waals surface area contributed by atoms with Gasteiger partial charge in [0.2, 0.25) is 0 Å². The van der Waals surface area contributed by atoms with E-state index in [9.17, 15) is 4.79 Å². The zero-order valence-electron chi connectivity index (χ0n) is 6.91. The second kappa shape index (κ2) is 3.24. The number of pyridine rings is 2.